The number of pyridine rings is 2. The quantitative estimate of drug-likeness (QED) is 0.185. The molecule has 0 saturated carbocycles. The van der Waals surface area contributed by atoms with E-state index < -0.39 is 23.4 Å². The van der Waals surface area contributed by atoms with Crippen LogP contribution in [-0.4, -0.2) is 81.9 Å². The molecule has 2 aliphatic rings. The van der Waals surface area contributed by atoms with Gasteiger partial charge in [-0.2, -0.15) is 0 Å². The highest BCUT2D eigenvalue weighted by molar-refractivity contribution is 6.39. The summed E-state index contributed by atoms with van der Waals surface area (Å²) in [5.41, 5.74) is 3.97. The Hall–Kier alpha value is -5.07. The van der Waals surface area contributed by atoms with Crippen LogP contribution >= 0.6 is 23.2 Å². The van der Waals surface area contributed by atoms with Crippen molar-refractivity contribution >= 4 is 41.3 Å². The Kier molecular flexibility index (Phi) is 12.0. The SMILES string of the molecule is COc1nc(-c2cccc(-c3cccc(-c4ccc5c(n4)OCCN(C(=O)OC(C)(C)C)C5)c3Cl)c2Cl)ccc1CN(CC1CCC(=O)N1)C(=O)OC(C)(C)C. The number of rotatable bonds is 8. The molecule has 1 unspecified atom stereocenters. The highest BCUT2D eigenvalue weighted by Gasteiger charge is 2.30. The van der Waals surface area contributed by atoms with Gasteiger partial charge in [-0.25, -0.2) is 19.6 Å². The Morgan fingerprint density at radius 2 is 1.48 bits per heavy atom. The minimum atomic E-state index is -0.706. The molecule has 1 atom stereocenters. The molecule has 0 radical (unpaired) electrons. The van der Waals surface area contributed by atoms with E-state index in [0.29, 0.717) is 86.9 Å². The topological polar surface area (TPSA) is 132 Å². The monoisotopic (exact) mass is 803 g/mol. The van der Waals surface area contributed by atoms with Gasteiger partial charge < -0.3 is 34.1 Å². The van der Waals surface area contributed by atoms with E-state index in [1.807, 2.05) is 102 Å². The first-order valence-corrected chi connectivity index (χ1v) is 19.2. The maximum atomic E-state index is 13.3. The van der Waals surface area contributed by atoms with Gasteiger partial charge in [0, 0.05) is 52.4 Å². The van der Waals surface area contributed by atoms with Crippen LogP contribution in [0.2, 0.25) is 10.0 Å². The van der Waals surface area contributed by atoms with Crippen LogP contribution in [0.25, 0.3) is 33.6 Å². The second-order valence-corrected chi connectivity index (χ2v) is 16.5. The summed E-state index contributed by atoms with van der Waals surface area (Å²) < 4.78 is 23.0. The Morgan fingerprint density at radius 3 is 2.07 bits per heavy atom. The fraction of sp³-hybridized carbons (Fsp3) is 0.405. The van der Waals surface area contributed by atoms with Crippen LogP contribution < -0.4 is 14.8 Å². The normalized spacial score (nSPS) is 15.6. The molecular weight excluding hydrogens is 757 g/mol. The second kappa shape index (κ2) is 16.6. The number of nitrogens with one attached hydrogen (secondary N) is 1. The maximum absolute atomic E-state index is 13.3. The standard InChI is InChI=1S/C42H47Cl2N5O7/c1-41(2,3)55-39(51)48-20-21-54-38-26(22-48)15-18-33(47-38)31-13-9-11-29(36(31)44)28-10-8-12-30(35(28)43)32-17-14-25(37(46-32)53-7)23-49(40(52)56-42(4,5)6)24-27-16-19-34(50)45-27/h8-15,17-18,27H,16,19-24H2,1-7H3,(H,45,50). The van der Waals surface area contributed by atoms with Crippen molar-refractivity contribution in [1.82, 2.24) is 25.1 Å². The number of carbonyl (C=O) groups is 3. The number of carbonyl (C=O) groups excluding carboxylic acids is 3. The average molecular weight is 805 g/mol. The molecule has 6 rings (SSSR count). The Balaban J connectivity index is 1.26. The second-order valence-electron chi connectivity index (χ2n) is 15.8. The number of methoxy groups -OCH3 is 1. The molecule has 12 nitrogen and oxygen atoms in total. The third kappa shape index (κ3) is 9.65. The number of halogens is 2. The van der Waals surface area contributed by atoms with E-state index in [9.17, 15) is 14.4 Å². The molecule has 4 heterocycles. The van der Waals surface area contributed by atoms with E-state index in [2.05, 4.69) is 5.32 Å². The predicted molar refractivity (Wildman–Crippen MR) is 215 cm³/mol. The summed E-state index contributed by atoms with van der Waals surface area (Å²) in [6.45, 7) is 12.3. The van der Waals surface area contributed by atoms with Crippen LogP contribution in [-0.2, 0) is 27.4 Å². The molecule has 0 spiro atoms. The van der Waals surface area contributed by atoms with E-state index in [1.54, 1.807) is 9.80 Å². The lowest BCUT2D eigenvalue weighted by molar-refractivity contribution is -0.119. The van der Waals surface area contributed by atoms with Crippen molar-refractivity contribution in [2.75, 3.05) is 26.8 Å². The molecule has 1 fully saturated rings. The van der Waals surface area contributed by atoms with Gasteiger partial charge in [0.1, 0.15) is 17.8 Å². The third-order valence-electron chi connectivity index (χ3n) is 9.06. The van der Waals surface area contributed by atoms with Gasteiger partial charge in [-0.3, -0.25) is 4.79 Å². The van der Waals surface area contributed by atoms with Crippen molar-refractivity contribution in [3.8, 4) is 45.4 Å². The highest BCUT2D eigenvalue weighted by atomic mass is 35.5. The summed E-state index contributed by atoms with van der Waals surface area (Å²) in [4.78, 5) is 50.8. The van der Waals surface area contributed by atoms with Crippen LogP contribution in [0.15, 0.2) is 60.7 Å². The van der Waals surface area contributed by atoms with E-state index in [4.69, 9.17) is 52.1 Å². The Labute approximate surface area is 337 Å². The van der Waals surface area contributed by atoms with Crippen LogP contribution in [0, 0.1) is 0 Å². The average Bonchev–Trinajstić information content (AvgIpc) is 3.41. The summed E-state index contributed by atoms with van der Waals surface area (Å²) in [6, 6.07) is 18.5. The maximum Gasteiger partial charge on any atom is 0.410 e. The van der Waals surface area contributed by atoms with Crippen molar-refractivity contribution in [2.24, 2.45) is 0 Å². The number of hydrogen-bond donors (Lipinski definition) is 1. The fourth-order valence-electron chi connectivity index (χ4n) is 6.49. The first-order chi connectivity index (χ1) is 26.5. The first kappa shape index (κ1) is 40.6. The fourth-order valence-corrected chi connectivity index (χ4v) is 7.14. The van der Waals surface area contributed by atoms with Crippen LogP contribution in [0.3, 0.4) is 0 Å². The lowest BCUT2D eigenvalue weighted by Crippen LogP contribution is -2.43. The molecule has 0 bridgehead atoms. The van der Waals surface area contributed by atoms with Gasteiger partial charge in [-0.15, -0.1) is 0 Å². The Bertz CT molecular complexity index is 2130. The minimum Gasteiger partial charge on any atom is -0.481 e. The number of ether oxygens (including phenoxy) is 4. The minimum absolute atomic E-state index is 0.0373. The molecule has 1 N–H and O–H groups in total. The molecule has 4 aromatic rings. The summed E-state index contributed by atoms with van der Waals surface area (Å²) >= 11 is 14.3. The van der Waals surface area contributed by atoms with Gasteiger partial charge in [-0.1, -0.05) is 59.6 Å². The lowest BCUT2D eigenvalue weighted by atomic mass is 9.98. The van der Waals surface area contributed by atoms with Gasteiger partial charge >= 0.3 is 12.2 Å². The zero-order chi connectivity index (χ0) is 40.4. The molecule has 14 heteroatoms. The molecule has 1 saturated heterocycles. The number of hydrogen-bond acceptors (Lipinski definition) is 9. The van der Waals surface area contributed by atoms with Crippen molar-refractivity contribution in [3.05, 3.63) is 81.8 Å². The highest BCUT2D eigenvalue weighted by Crippen LogP contribution is 2.42. The van der Waals surface area contributed by atoms with Crippen LogP contribution in [0.4, 0.5) is 9.59 Å². The van der Waals surface area contributed by atoms with E-state index in [1.165, 1.54) is 7.11 Å². The molecule has 2 aliphatic heterocycles. The van der Waals surface area contributed by atoms with Crippen molar-refractivity contribution < 1.29 is 33.3 Å². The zero-order valence-corrected chi connectivity index (χ0v) is 34.2. The lowest BCUT2D eigenvalue weighted by Gasteiger charge is -2.29. The third-order valence-corrected chi connectivity index (χ3v) is 9.88. The molecule has 296 valence electrons. The number of aromatic nitrogens is 2. The van der Waals surface area contributed by atoms with Crippen molar-refractivity contribution in [3.63, 3.8) is 0 Å². The summed E-state index contributed by atoms with van der Waals surface area (Å²) in [5, 5.41) is 3.81. The molecule has 2 aromatic heterocycles. The molecule has 2 aromatic carbocycles. The largest absolute Gasteiger partial charge is 0.481 e. The van der Waals surface area contributed by atoms with E-state index >= 15 is 0 Å². The van der Waals surface area contributed by atoms with Crippen LogP contribution in [0.1, 0.15) is 65.5 Å². The number of fused-ring (bicyclic) bond motifs is 1. The van der Waals surface area contributed by atoms with Crippen molar-refractivity contribution in [1.29, 1.82) is 0 Å². The number of amides is 3. The van der Waals surface area contributed by atoms with Gasteiger partial charge in [0.2, 0.25) is 17.7 Å². The molecule has 3 amide bonds. The van der Waals surface area contributed by atoms with E-state index in [-0.39, 0.29) is 31.6 Å². The molecule has 0 aliphatic carbocycles. The Morgan fingerprint density at radius 1 is 0.875 bits per heavy atom. The summed E-state index contributed by atoms with van der Waals surface area (Å²) in [5.74, 6) is 0.710. The number of nitrogens with zero attached hydrogens (tertiary/aromatic N) is 4. The first-order valence-electron chi connectivity index (χ1n) is 18.5. The van der Waals surface area contributed by atoms with E-state index in [0.717, 1.165) is 5.56 Å². The van der Waals surface area contributed by atoms with Crippen LogP contribution in [0.5, 0.6) is 11.8 Å². The predicted octanol–water partition coefficient (Wildman–Crippen LogP) is 8.94. The smallest absolute Gasteiger partial charge is 0.410 e. The number of benzene rings is 2. The van der Waals surface area contributed by atoms with Gasteiger partial charge in [0.25, 0.3) is 0 Å². The summed E-state index contributed by atoms with van der Waals surface area (Å²) in [6.07, 6.45) is 0.134. The van der Waals surface area contributed by atoms with Crippen molar-refractivity contribution in [2.45, 2.75) is 84.7 Å². The van der Waals surface area contributed by atoms with Gasteiger partial charge in [0.05, 0.1) is 48.2 Å². The van der Waals surface area contributed by atoms with Gasteiger partial charge in [0.15, 0.2) is 0 Å². The summed E-state index contributed by atoms with van der Waals surface area (Å²) in [7, 11) is 1.52. The zero-order valence-electron chi connectivity index (χ0n) is 32.7. The molecule has 56 heavy (non-hydrogen) atoms. The molecular formula is C42H47Cl2N5O7. The van der Waals surface area contributed by atoms with Gasteiger partial charge in [-0.05, 0) is 72.2 Å².